The van der Waals surface area contributed by atoms with E-state index < -0.39 is 5.41 Å². The second-order valence-corrected chi connectivity index (χ2v) is 4.18. The van der Waals surface area contributed by atoms with E-state index in [-0.39, 0.29) is 24.2 Å². The molecular formula is C10H18N4O3. The van der Waals surface area contributed by atoms with Crippen LogP contribution in [0.15, 0.2) is 5.16 Å². The van der Waals surface area contributed by atoms with Crippen LogP contribution < -0.4 is 11.1 Å². The number of nitrogens with one attached hydrogen (secondary N) is 1. The van der Waals surface area contributed by atoms with Gasteiger partial charge in [-0.15, -0.1) is 0 Å². The van der Waals surface area contributed by atoms with Crippen LogP contribution in [0, 0.1) is 5.41 Å². The highest BCUT2D eigenvalue weighted by atomic mass is 16.4. The van der Waals surface area contributed by atoms with Crippen molar-refractivity contribution in [3.63, 3.8) is 0 Å². The predicted molar refractivity (Wildman–Crippen MR) is 61.4 cm³/mol. The van der Waals surface area contributed by atoms with Crippen molar-refractivity contribution in [2.75, 3.05) is 20.1 Å². The average Bonchev–Trinajstić information content (AvgIpc) is 3.08. The Balaban J connectivity index is 2.62. The standard InChI is InChI=1S/C10H18N4O3/c1-3-12-7(15)6-14(2)9(16)10(4-5-10)8(11)13-17/h17H,3-6H2,1-2H3,(H2,11,13)(H,12,15). The van der Waals surface area contributed by atoms with Crippen molar-refractivity contribution in [3.8, 4) is 0 Å². The highest BCUT2D eigenvalue weighted by Gasteiger charge is 2.55. The van der Waals surface area contributed by atoms with E-state index in [1.807, 2.05) is 0 Å². The summed E-state index contributed by atoms with van der Waals surface area (Å²) in [5.74, 6) is -0.581. The van der Waals surface area contributed by atoms with Crippen LogP contribution in [0.1, 0.15) is 19.8 Å². The van der Waals surface area contributed by atoms with Gasteiger partial charge in [-0.3, -0.25) is 9.59 Å². The topological polar surface area (TPSA) is 108 Å². The first-order valence-corrected chi connectivity index (χ1v) is 5.48. The molecule has 0 aromatic rings. The van der Waals surface area contributed by atoms with Crippen molar-refractivity contribution in [1.82, 2.24) is 10.2 Å². The molecule has 0 radical (unpaired) electrons. The van der Waals surface area contributed by atoms with E-state index >= 15 is 0 Å². The minimum absolute atomic E-state index is 0.0207. The molecule has 1 rings (SSSR count). The molecule has 96 valence electrons. The third kappa shape index (κ3) is 2.66. The van der Waals surface area contributed by atoms with Crippen LogP contribution in [0.2, 0.25) is 0 Å². The average molecular weight is 242 g/mol. The van der Waals surface area contributed by atoms with E-state index in [1.165, 1.54) is 11.9 Å². The molecule has 0 heterocycles. The second kappa shape index (κ2) is 5.03. The molecule has 1 saturated carbocycles. The fourth-order valence-corrected chi connectivity index (χ4v) is 1.71. The summed E-state index contributed by atoms with van der Waals surface area (Å²) in [6.45, 7) is 2.30. The Hall–Kier alpha value is -1.79. The second-order valence-electron chi connectivity index (χ2n) is 4.18. The maximum Gasteiger partial charge on any atom is 0.239 e. The summed E-state index contributed by atoms with van der Waals surface area (Å²) in [7, 11) is 1.53. The number of nitrogens with two attached hydrogens (primary N) is 1. The quantitative estimate of drug-likeness (QED) is 0.251. The zero-order chi connectivity index (χ0) is 13.1. The lowest BCUT2D eigenvalue weighted by Crippen LogP contribution is -2.45. The highest BCUT2D eigenvalue weighted by molar-refractivity contribution is 6.09. The fraction of sp³-hybridized carbons (Fsp3) is 0.700. The van der Waals surface area contributed by atoms with Gasteiger partial charge in [-0.25, -0.2) is 0 Å². The lowest BCUT2D eigenvalue weighted by molar-refractivity contribution is -0.137. The van der Waals surface area contributed by atoms with Gasteiger partial charge in [-0.1, -0.05) is 5.16 Å². The van der Waals surface area contributed by atoms with Gasteiger partial charge in [-0.05, 0) is 19.8 Å². The summed E-state index contributed by atoms with van der Waals surface area (Å²) in [6, 6.07) is 0. The Morgan fingerprint density at radius 1 is 1.53 bits per heavy atom. The summed E-state index contributed by atoms with van der Waals surface area (Å²) in [5, 5.41) is 14.1. The Morgan fingerprint density at radius 2 is 2.12 bits per heavy atom. The molecule has 0 aliphatic heterocycles. The summed E-state index contributed by atoms with van der Waals surface area (Å²) >= 11 is 0. The highest BCUT2D eigenvalue weighted by Crippen LogP contribution is 2.47. The van der Waals surface area contributed by atoms with Crippen molar-refractivity contribution >= 4 is 17.6 Å². The van der Waals surface area contributed by atoms with Crippen molar-refractivity contribution in [1.29, 1.82) is 0 Å². The molecule has 0 saturated heterocycles. The summed E-state index contributed by atoms with van der Waals surface area (Å²) in [6.07, 6.45) is 1.11. The zero-order valence-electron chi connectivity index (χ0n) is 10.1. The van der Waals surface area contributed by atoms with E-state index in [9.17, 15) is 9.59 Å². The largest absolute Gasteiger partial charge is 0.409 e. The molecule has 0 aromatic heterocycles. The smallest absolute Gasteiger partial charge is 0.239 e. The normalized spacial score (nSPS) is 17.4. The monoisotopic (exact) mass is 242 g/mol. The molecule has 7 nitrogen and oxygen atoms in total. The third-order valence-corrected chi connectivity index (χ3v) is 2.86. The summed E-state index contributed by atoms with van der Waals surface area (Å²) in [4.78, 5) is 24.7. The minimum atomic E-state index is -0.893. The lowest BCUT2D eigenvalue weighted by atomic mass is 10.0. The number of amidine groups is 1. The molecule has 1 aliphatic rings. The van der Waals surface area contributed by atoms with E-state index in [0.717, 1.165) is 0 Å². The van der Waals surface area contributed by atoms with Gasteiger partial charge in [0, 0.05) is 13.6 Å². The van der Waals surface area contributed by atoms with Crippen molar-refractivity contribution in [2.24, 2.45) is 16.3 Å². The Kier molecular flexibility index (Phi) is 3.93. The summed E-state index contributed by atoms with van der Waals surface area (Å²) < 4.78 is 0. The van der Waals surface area contributed by atoms with Crippen LogP contribution in [-0.2, 0) is 9.59 Å². The van der Waals surface area contributed by atoms with Crippen LogP contribution >= 0.6 is 0 Å². The number of hydrogen-bond donors (Lipinski definition) is 3. The maximum absolute atomic E-state index is 12.0. The predicted octanol–water partition coefficient (Wildman–Crippen LogP) is -0.892. The Morgan fingerprint density at radius 3 is 2.53 bits per heavy atom. The van der Waals surface area contributed by atoms with Gasteiger partial charge < -0.3 is 21.2 Å². The molecule has 0 unspecified atom stereocenters. The number of amides is 2. The van der Waals surface area contributed by atoms with Gasteiger partial charge in [0.25, 0.3) is 0 Å². The van der Waals surface area contributed by atoms with Gasteiger partial charge in [0.15, 0.2) is 5.84 Å². The van der Waals surface area contributed by atoms with Gasteiger partial charge in [0.2, 0.25) is 11.8 Å². The number of hydrogen-bond acceptors (Lipinski definition) is 4. The number of carbonyl (C=O) groups is 2. The minimum Gasteiger partial charge on any atom is -0.409 e. The van der Waals surface area contributed by atoms with Gasteiger partial charge in [0.1, 0.15) is 5.41 Å². The van der Waals surface area contributed by atoms with Gasteiger partial charge >= 0.3 is 0 Å². The first kappa shape index (κ1) is 13.3. The fourth-order valence-electron chi connectivity index (χ4n) is 1.71. The third-order valence-electron chi connectivity index (χ3n) is 2.86. The van der Waals surface area contributed by atoms with Crippen molar-refractivity contribution in [3.05, 3.63) is 0 Å². The molecule has 0 bridgehead atoms. The van der Waals surface area contributed by atoms with E-state index in [1.54, 1.807) is 6.92 Å². The molecule has 1 fully saturated rings. The molecule has 7 heteroatoms. The van der Waals surface area contributed by atoms with Gasteiger partial charge in [0.05, 0.1) is 6.54 Å². The Labute approximate surface area is 99.6 Å². The zero-order valence-corrected chi connectivity index (χ0v) is 10.1. The number of oxime groups is 1. The molecule has 0 atom stereocenters. The van der Waals surface area contributed by atoms with Crippen LogP contribution in [0.4, 0.5) is 0 Å². The molecule has 17 heavy (non-hydrogen) atoms. The number of nitrogens with zero attached hydrogens (tertiary/aromatic N) is 2. The first-order chi connectivity index (χ1) is 7.97. The Bertz CT molecular complexity index is 349. The van der Waals surface area contributed by atoms with Crippen LogP contribution in [0.3, 0.4) is 0 Å². The van der Waals surface area contributed by atoms with Crippen molar-refractivity contribution < 1.29 is 14.8 Å². The van der Waals surface area contributed by atoms with Crippen LogP contribution in [0.25, 0.3) is 0 Å². The first-order valence-electron chi connectivity index (χ1n) is 5.48. The molecule has 0 aromatic carbocycles. The molecule has 0 spiro atoms. The number of rotatable bonds is 5. The van der Waals surface area contributed by atoms with Crippen LogP contribution in [-0.4, -0.2) is 47.9 Å². The number of likely N-dealkylation sites (N-methyl/N-ethyl adjacent to an activating group) is 2. The molecule has 1 aliphatic carbocycles. The van der Waals surface area contributed by atoms with E-state index in [4.69, 9.17) is 10.9 Å². The molecular weight excluding hydrogens is 224 g/mol. The summed E-state index contributed by atoms with van der Waals surface area (Å²) in [5.41, 5.74) is 4.60. The SMILES string of the molecule is CCNC(=O)CN(C)C(=O)C1(C(N)=NO)CC1. The van der Waals surface area contributed by atoms with Gasteiger partial charge in [-0.2, -0.15) is 0 Å². The maximum atomic E-state index is 12.0. The van der Waals surface area contributed by atoms with E-state index in [0.29, 0.717) is 19.4 Å². The number of carbonyl (C=O) groups excluding carboxylic acids is 2. The van der Waals surface area contributed by atoms with E-state index in [2.05, 4.69) is 10.5 Å². The molecule has 4 N–H and O–H groups in total. The van der Waals surface area contributed by atoms with Crippen LogP contribution in [0.5, 0.6) is 0 Å². The molecule has 2 amide bonds. The lowest BCUT2D eigenvalue weighted by Gasteiger charge is -2.22. The van der Waals surface area contributed by atoms with Crippen molar-refractivity contribution in [2.45, 2.75) is 19.8 Å².